The maximum Gasteiger partial charge on any atom is 0.332 e. The zero-order chi connectivity index (χ0) is 16.0. The Balaban J connectivity index is 2.71. The first-order valence-electron chi connectivity index (χ1n) is 5.88. The maximum absolute atomic E-state index is 11.8. The van der Waals surface area contributed by atoms with Crippen LogP contribution in [0.3, 0.4) is 0 Å². The van der Waals surface area contributed by atoms with Crippen LogP contribution in [0.15, 0.2) is 18.2 Å². The minimum Gasteiger partial charge on any atom is -0.490 e. The molecule has 0 spiro atoms. The number of nitro benzene ring substituents is 1. The molecule has 1 amide bonds. The number of benzene rings is 1. The van der Waals surface area contributed by atoms with E-state index in [0.717, 1.165) is 6.07 Å². The molecule has 1 rings (SSSR count). The van der Waals surface area contributed by atoms with E-state index in [4.69, 9.17) is 14.9 Å². The van der Waals surface area contributed by atoms with Crippen LogP contribution in [-0.4, -0.2) is 46.8 Å². The van der Waals surface area contributed by atoms with E-state index in [1.807, 2.05) is 0 Å². The molecule has 3 N–H and O–H groups in total. The number of carbonyl (C=O) groups excluding carboxylic acids is 1. The van der Waals surface area contributed by atoms with Crippen molar-refractivity contribution >= 4 is 17.6 Å². The number of carbonyl (C=O) groups is 2. The van der Waals surface area contributed by atoms with Crippen molar-refractivity contribution in [1.29, 1.82) is 0 Å². The van der Waals surface area contributed by atoms with Crippen LogP contribution in [-0.2, 0) is 4.79 Å². The second-order valence-corrected chi connectivity index (χ2v) is 4.04. The van der Waals surface area contributed by atoms with Crippen molar-refractivity contribution in [3.63, 3.8) is 0 Å². The van der Waals surface area contributed by atoms with Gasteiger partial charge in [-0.25, -0.2) is 4.79 Å². The zero-order valence-corrected chi connectivity index (χ0v) is 11.1. The smallest absolute Gasteiger partial charge is 0.332 e. The van der Waals surface area contributed by atoms with E-state index >= 15 is 0 Å². The molecular formula is C12H14N2O7. The number of amides is 1. The highest BCUT2D eigenvalue weighted by Gasteiger charge is 2.18. The van der Waals surface area contributed by atoms with E-state index < -0.39 is 22.9 Å². The molecule has 0 aliphatic heterocycles. The van der Waals surface area contributed by atoms with Gasteiger partial charge in [0.05, 0.1) is 12.0 Å². The van der Waals surface area contributed by atoms with Crippen molar-refractivity contribution < 1.29 is 29.5 Å². The molecule has 21 heavy (non-hydrogen) atoms. The second kappa shape index (κ2) is 7.20. The Kier molecular flexibility index (Phi) is 5.61. The van der Waals surface area contributed by atoms with Crippen molar-refractivity contribution in [3.8, 4) is 5.75 Å². The van der Waals surface area contributed by atoms with Crippen LogP contribution in [0.4, 0.5) is 5.69 Å². The second-order valence-electron chi connectivity index (χ2n) is 4.04. The molecule has 0 aliphatic rings. The van der Waals surface area contributed by atoms with Gasteiger partial charge in [0.25, 0.3) is 5.91 Å². The topological polar surface area (TPSA) is 139 Å². The Bertz CT molecular complexity index is 559. The van der Waals surface area contributed by atoms with E-state index in [1.54, 1.807) is 0 Å². The molecule has 1 aromatic carbocycles. The number of carboxylic acid groups (broad SMARTS) is 1. The van der Waals surface area contributed by atoms with E-state index in [1.165, 1.54) is 19.2 Å². The number of aliphatic carboxylic acids is 1. The Morgan fingerprint density at radius 3 is 2.67 bits per heavy atom. The molecule has 0 saturated carbocycles. The quantitative estimate of drug-likeness (QED) is 0.481. The van der Waals surface area contributed by atoms with Gasteiger partial charge in [0.2, 0.25) is 0 Å². The first-order chi connectivity index (χ1) is 9.86. The zero-order valence-electron chi connectivity index (χ0n) is 11.1. The van der Waals surface area contributed by atoms with Crippen molar-refractivity contribution in [3.05, 3.63) is 33.9 Å². The number of nitrogens with one attached hydrogen (secondary N) is 1. The fourth-order valence-electron chi connectivity index (χ4n) is 1.52. The highest BCUT2D eigenvalue weighted by Crippen LogP contribution is 2.27. The van der Waals surface area contributed by atoms with Gasteiger partial charge in [-0.15, -0.1) is 0 Å². The lowest BCUT2D eigenvalue weighted by Crippen LogP contribution is -2.30. The van der Waals surface area contributed by atoms with E-state index in [9.17, 15) is 19.7 Å². The Hall–Kier alpha value is -2.68. The first kappa shape index (κ1) is 16.4. The van der Waals surface area contributed by atoms with Crippen LogP contribution in [0.5, 0.6) is 5.75 Å². The molecule has 1 unspecified atom stereocenters. The monoisotopic (exact) mass is 298 g/mol. The van der Waals surface area contributed by atoms with Crippen LogP contribution in [0, 0.1) is 10.1 Å². The Morgan fingerprint density at radius 1 is 1.48 bits per heavy atom. The fourth-order valence-corrected chi connectivity index (χ4v) is 1.52. The average molecular weight is 298 g/mol. The standard InChI is InChI=1S/C12H14N2O7/c1-21-10-6-7(2-3-8(10)14(19)20)11(16)13-5-4-9(15)12(17)18/h2-3,6,9,15H,4-5H2,1H3,(H,13,16)(H,17,18). The summed E-state index contributed by atoms with van der Waals surface area (Å²) in [5.41, 5.74) is -0.141. The number of hydrogen-bond acceptors (Lipinski definition) is 6. The summed E-state index contributed by atoms with van der Waals surface area (Å²) in [6, 6.07) is 3.60. The molecule has 0 radical (unpaired) electrons. The molecule has 0 saturated heterocycles. The largest absolute Gasteiger partial charge is 0.490 e. The van der Waals surface area contributed by atoms with Crippen molar-refractivity contribution in [2.45, 2.75) is 12.5 Å². The summed E-state index contributed by atoms with van der Waals surface area (Å²) in [6.45, 7) is -0.0500. The van der Waals surface area contributed by atoms with Gasteiger partial charge in [-0.2, -0.15) is 0 Å². The average Bonchev–Trinajstić information content (AvgIpc) is 2.45. The van der Waals surface area contributed by atoms with Crippen molar-refractivity contribution in [2.24, 2.45) is 0 Å². The molecule has 0 fully saturated rings. The third-order valence-corrected chi connectivity index (χ3v) is 2.63. The Morgan fingerprint density at radius 2 is 2.14 bits per heavy atom. The lowest BCUT2D eigenvalue weighted by atomic mass is 10.1. The van der Waals surface area contributed by atoms with Crippen molar-refractivity contribution in [2.75, 3.05) is 13.7 Å². The van der Waals surface area contributed by atoms with Gasteiger partial charge >= 0.3 is 11.7 Å². The number of aliphatic hydroxyl groups is 1. The van der Waals surface area contributed by atoms with Crippen LogP contribution in [0.2, 0.25) is 0 Å². The SMILES string of the molecule is COc1cc(C(=O)NCCC(O)C(=O)O)ccc1[N+](=O)[O-]. The maximum atomic E-state index is 11.8. The lowest BCUT2D eigenvalue weighted by Gasteiger charge is -2.08. The van der Waals surface area contributed by atoms with Gasteiger partial charge in [-0.05, 0) is 6.07 Å². The van der Waals surface area contributed by atoms with Crippen LogP contribution in [0.25, 0.3) is 0 Å². The summed E-state index contributed by atoms with van der Waals surface area (Å²) in [4.78, 5) is 32.2. The molecule has 0 heterocycles. The molecule has 1 atom stereocenters. The molecule has 0 aromatic heterocycles. The van der Waals surface area contributed by atoms with Gasteiger partial charge in [0.1, 0.15) is 0 Å². The van der Waals surface area contributed by atoms with Gasteiger partial charge in [-0.3, -0.25) is 14.9 Å². The van der Waals surface area contributed by atoms with Crippen LogP contribution >= 0.6 is 0 Å². The van der Waals surface area contributed by atoms with Crippen LogP contribution in [0.1, 0.15) is 16.8 Å². The summed E-state index contributed by atoms with van der Waals surface area (Å²) < 4.78 is 4.83. The summed E-state index contributed by atoms with van der Waals surface area (Å²) in [5, 5.41) is 30.6. The number of methoxy groups -OCH3 is 1. The lowest BCUT2D eigenvalue weighted by molar-refractivity contribution is -0.385. The summed E-state index contributed by atoms with van der Waals surface area (Å²) in [6.07, 6.45) is -1.71. The van der Waals surface area contributed by atoms with E-state index in [0.29, 0.717) is 0 Å². The van der Waals surface area contributed by atoms with Crippen molar-refractivity contribution in [1.82, 2.24) is 5.32 Å². The van der Waals surface area contributed by atoms with Crippen LogP contribution < -0.4 is 10.1 Å². The molecule has 0 bridgehead atoms. The highest BCUT2D eigenvalue weighted by molar-refractivity contribution is 5.95. The molecule has 9 heteroatoms. The summed E-state index contributed by atoms with van der Waals surface area (Å²) in [7, 11) is 1.24. The minimum atomic E-state index is -1.56. The third-order valence-electron chi connectivity index (χ3n) is 2.63. The third kappa shape index (κ3) is 4.42. The molecule has 114 valence electrons. The van der Waals surface area contributed by atoms with Gasteiger partial charge < -0.3 is 20.3 Å². The molecule has 9 nitrogen and oxygen atoms in total. The molecular weight excluding hydrogens is 284 g/mol. The number of hydrogen-bond donors (Lipinski definition) is 3. The Labute approximate surface area is 119 Å². The number of rotatable bonds is 7. The predicted molar refractivity (Wildman–Crippen MR) is 70.2 cm³/mol. The predicted octanol–water partition coefficient (Wildman–Crippen LogP) is 0.169. The number of carboxylic acids is 1. The number of aliphatic hydroxyl groups excluding tert-OH is 1. The molecule has 1 aromatic rings. The minimum absolute atomic E-state index is 0.0500. The van der Waals surface area contributed by atoms with Gasteiger partial charge in [0, 0.05) is 30.7 Å². The highest BCUT2D eigenvalue weighted by atomic mass is 16.6. The molecule has 0 aliphatic carbocycles. The fraction of sp³-hybridized carbons (Fsp3) is 0.333. The first-order valence-corrected chi connectivity index (χ1v) is 5.88. The summed E-state index contributed by atoms with van der Waals surface area (Å²) in [5.74, 6) is -1.99. The van der Waals surface area contributed by atoms with E-state index in [2.05, 4.69) is 5.32 Å². The van der Waals surface area contributed by atoms with Gasteiger partial charge in [0.15, 0.2) is 11.9 Å². The van der Waals surface area contributed by atoms with E-state index in [-0.39, 0.29) is 30.0 Å². The van der Waals surface area contributed by atoms with Gasteiger partial charge in [-0.1, -0.05) is 0 Å². The number of nitrogens with zero attached hydrogens (tertiary/aromatic N) is 1. The number of nitro groups is 1. The normalized spacial score (nSPS) is 11.5. The summed E-state index contributed by atoms with van der Waals surface area (Å²) >= 11 is 0. The number of ether oxygens (including phenoxy) is 1.